The maximum Gasteiger partial charge on any atom is 0.329 e. The summed E-state index contributed by atoms with van der Waals surface area (Å²) in [5.74, 6) is -1.09. The maximum absolute atomic E-state index is 11.6. The molecule has 0 saturated carbocycles. The Hall–Kier alpha value is -1.07. The van der Waals surface area contributed by atoms with E-state index >= 15 is 0 Å². The van der Waals surface area contributed by atoms with Crippen LogP contribution in [-0.4, -0.2) is 23.3 Å². The SMILES string of the molecule is CCOC(=O)C(Br)C(=O)Nc1ccc(Cl)cc1. The first-order valence-corrected chi connectivity index (χ1v) is 6.21. The highest BCUT2D eigenvalue weighted by Gasteiger charge is 2.24. The molecule has 17 heavy (non-hydrogen) atoms. The van der Waals surface area contributed by atoms with Gasteiger partial charge in [0, 0.05) is 10.7 Å². The molecule has 6 heteroatoms. The van der Waals surface area contributed by atoms with Crippen molar-refractivity contribution in [3.05, 3.63) is 29.3 Å². The van der Waals surface area contributed by atoms with Gasteiger partial charge >= 0.3 is 5.97 Å². The predicted molar refractivity (Wildman–Crippen MR) is 69.4 cm³/mol. The Labute approximate surface area is 112 Å². The molecule has 1 unspecified atom stereocenters. The van der Waals surface area contributed by atoms with E-state index in [0.29, 0.717) is 10.7 Å². The molecule has 1 amide bonds. The molecule has 0 bridgehead atoms. The largest absolute Gasteiger partial charge is 0.465 e. The number of alkyl halides is 1. The molecule has 0 aliphatic carbocycles. The van der Waals surface area contributed by atoms with Gasteiger partial charge < -0.3 is 10.1 Å². The zero-order chi connectivity index (χ0) is 12.8. The zero-order valence-electron chi connectivity index (χ0n) is 9.07. The van der Waals surface area contributed by atoms with Crippen molar-refractivity contribution < 1.29 is 14.3 Å². The van der Waals surface area contributed by atoms with Crippen molar-refractivity contribution in [1.82, 2.24) is 0 Å². The van der Waals surface area contributed by atoms with Crippen molar-refractivity contribution in [2.24, 2.45) is 0 Å². The number of halogens is 2. The first-order valence-electron chi connectivity index (χ1n) is 4.91. The number of nitrogens with one attached hydrogen (secondary N) is 1. The second-order valence-corrected chi connectivity index (χ2v) is 4.46. The third-order valence-corrected chi connectivity index (χ3v) is 2.88. The summed E-state index contributed by atoms with van der Waals surface area (Å²) in [6.45, 7) is 1.91. The topological polar surface area (TPSA) is 55.4 Å². The summed E-state index contributed by atoms with van der Waals surface area (Å²) in [5, 5.41) is 3.14. The summed E-state index contributed by atoms with van der Waals surface area (Å²) in [5.41, 5.74) is 0.563. The standard InChI is InChI=1S/C11H11BrClNO3/c1-2-17-11(16)9(12)10(15)14-8-5-3-7(13)4-6-8/h3-6,9H,2H2,1H3,(H,14,15). The molecule has 0 aliphatic heterocycles. The van der Waals surface area contributed by atoms with E-state index in [0.717, 1.165) is 0 Å². The molecular weight excluding hydrogens is 309 g/mol. The minimum atomic E-state index is -1.02. The van der Waals surface area contributed by atoms with Crippen LogP contribution < -0.4 is 5.32 Å². The molecule has 0 aliphatic rings. The quantitative estimate of drug-likeness (QED) is 0.527. The molecule has 0 radical (unpaired) electrons. The first-order chi connectivity index (χ1) is 8.04. The molecule has 0 aromatic heterocycles. The molecule has 4 nitrogen and oxygen atoms in total. The lowest BCUT2D eigenvalue weighted by atomic mass is 10.3. The number of ether oxygens (including phenoxy) is 1. The summed E-state index contributed by atoms with van der Waals surface area (Å²) in [7, 11) is 0. The van der Waals surface area contributed by atoms with E-state index in [9.17, 15) is 9.59 Å². The Morgan fingerprint density at radius 3 is 2.53 bits per heavy atom. The summed E-state index contributed by atoms with van der Waals surface area (Å²) >= 11 is 8.68. The fraction of sp³-hybridized carbons (Fsp3) is 0.273. The van der Waals surface area contributed by atoms with Crippen LogP contribution in [0.3, 0.4) is 0 Å². The second-order valence-electron chi connectivity index (χ2n) is 3.11. The first kappa shape index (κ1) is 14.0. The summed E-state index contributed by atoms with van der Waals surface area (Å²) < 4.78 is 4.71. The highest BCUT2D eigenvalue weighted by molar-refractivity contribution is 9.10. The van der Waals surface area contributed by atoms with Crippen molar-refractivity contribution in [3.63, 3.8) is 0 Å². The number of rotatable bonds is 4. The van der Waals surface area contributed by atoms with Crippen LogP contribution in [0.4, 0.5) is 5.69 Å². The summed E-state index contributed by atoms with van der Waals surface area (Å²) in [6, 6.07) is 6.58. The van der Waals surface area contributed by atoms with Crippen LogP contribution in [-0.2, 0) is 14.3 Å². The Bertz CT molecular complexity index is 408. The summed E-state index contributed by atoms with van der Waals surface area (Å²) in [6.07, 6.45) is 0. The molecule has 1 N–H and O–H groups in total. The number of esters is 1. The maximum atomic E-state index is 11.6. The van der Waals surface area contributed by atoms with Gasteiger partial charge in [0.15, 0.2) is 4.83 Å². The van der Waals surface area contributed by atoms with E-state index in [1.165, 1.54) is 0 Å². The van der Waals surface area contributed by atoms with Crippen LogP contribution in [0.25, 0.3) is 0 Å². The molecule has 0 fully saturated rings. The number of amides is 1. The van der Waals surface area contributed by atoms with E-state index < -0.39 is 16.7 Å². The molecule has 1 aromatic rings. The highest BCUT2D eigenvalue weighted by Crippen LogP contribution is 2.14. The van der Waals surface area contributed by atoms with E-state index in [4.69, 9.17) is 16.3 Å². The predicted octanol–water partition coefficient (Wildman–Crippen LogP) is 2.61. The number of hydrogen-bond acceptors (Lipinski definition) is 3. The van der Waals surface area contributed by atoms with Crippen LogP contribution in [0.15, 0.2) is 24.3 Å². The van der Waals surface area contributed by atoms with E-state index in [2.05, 4.69) is 21.2 Å². The molecule has 1 aromatic carbocycles. The van der Waals surface area contributed by atoms with Crippen molar-refractivity contribution in [1.29, 1.82) is 0 Å². The number of carbonyl (C=O) groups is 2. The van der Waals surface area contributed by atoms with Crippen molar-refractivity contribution in [2.75, 3.05) is 11.9 Å². The van der Waals surface area contributed by atoms with E-state index in [1.54, 1.807) is 31.2 Å². The molecule has 0 spiro atoms. The fourth-order valence-corrected chi connectivity index (χ4v) is 1.43. The van der Waals surface area contributed by atoms with Crippen LogP contribution in [0.1, 0.15) is 6.92 Å². The third kappa shape index (κ3) is 4.36. The fourth-order valence-electron chi connectivity index (χ4n) is 1.06. The van der Waals surface area contributed by atoms with Crippen molar-refractivity contribution >= 4 is 45.1 Å². The van der Waals surface area contributed by atoms with Crippen LogP contribution in [0, 0.1) is 0 Å². The minimum Gasteiger partial charge on any atom is -0.465 e. The average molecular weight is 321 g/mol. The van der Waals surface area contributed by atoms with Gasteiger partial charge in [-0.15, -0.1) is 0 Å². The zero-order valence-corrected chi connectivity index (χ0v) is 11.4. The van der Waals surface area contributed by atoms with Crippen LogP contribution in [0.5, 0.6) is 0 Å². The monoisotopic (exact) mass is 319 g/mol. The van der Waals surface area contributed by atoms with Crippen LogP contribution in [0.2, 0.25) is 5.02 Å². The van der Waals surface area contributed by atoms with Gasteiger partial charge in [0.1, 0.15) is 0 Å². The van der Waals surface area contributed by atoms with Gasteiger partial charge in [0.2, 0.25) is 5.91 Å². The number of benzene rings is 1. The second kappa shape index (κ2) is 6.61. The van der Waals surface area contributed by atoms with Crippen LogP contribution >= 0.6 is 27.5 Å². The Kier molecular flexibility index (Phi) is 5.44. The molecule has 0 saturated heterocycles. The third-order valence-electron chi connectivity index (χ3n) is 1.84. The molecule has 92 valence electrons. The van der Waals surface area contributed by atoms with E-state index in [1.807, 2.05) is 0 Å². The lowest BCUT2D eigenvalue weighted by Crippen LogP contribution is -2.31. The normalized spacial score (nSPS) is 11.7. The van der Waals surface area contributed by atoms with Gasteiger partial charge in [-0.2, -0.15) is 0 Å². The molecular formula is C11H11BrClNO3. The summed E-state index contributed by atoms with van der Waals surface area (Å²) in [4.78, 5) is 21.9. The van der Waals surface area contributed by atoms with Gasteiger partial charge in [-0.1, -0.05) is 27.5 Å². The Morgan fingerprint density at radius 1 is 1.41 bits per heavy atom. The van der Waals surface area contributed by atoms with Gasteiger partial charge in [-0.05, 0) is 31.2 Å². The van der Waals surface area contributed by atoms with Crippen molar-refractivity contribution in [2.45, 2.75) is 11.8 Å². The highest BCUT2D eigenvalue weighted by atomic mass is 79.9. The van der Waals surface area contributed by atoms with Gasteiger partial charge in [-0.3, -0.25) is 9.59 Å². The Balaban J connectivity index is 2.59. The number of hydrogen-bond donors (Lipinski definition) is 1. The lowest BCUT2D eigenvalue weighted by Gasteiger charge is -2.09. The minimum absolute atomic E-state index is 0.231. The van der Waals surface area contributed by atoms with Crippen molar-refractivity contribution in [3.8, 4) is 0 Å². The van der Waals surface area contributed by atoms with Gasteiger partial charge in [0.05, 0.1) is 6.61 Å². The molecule has 1 atom stereocenters. The van der Waals surface area contributed by atoms with E-state index in [-0.39, 0.29) is 6.61 Å². The van der Waals surface area contributed by atoms with Gasteiger partial charge in [0.25, 0.3) is 0 Å². The number of carbonyl (C=O) groups excluding carboxylic acids is 2. The Morgan fingerprint density at radius 2 is 2.00 bits per heavy atom. The van der Waals surface area contributed by atoms with Gasteiger partial charge in [-0.25, -0.2) is 0 Å². The molecule has 0 heterocycles. The average Bonchev–Trinajstić information content (AvgIpc) is 2.31. The number of anilines is 1. The smallest absolute Gasteiger partial charge is 0.329 e. The lowest BCUT2D eigenvalue weighted by molar-refractivity contribution is -0.144. The molecule has 1 rings (SSSR count).